The highest BCUT2D eigenvalue weighted by Gasteiger charge is 2.42. The van der Waals surface area contributed by atoms with Crippen molar-refractivity contribution in [1.29, 1.82) is 0 Å². The Labute approximate surface area is 105 Å². The van der Waals surface area contributed by atoms with Gasteiger partial charge < -0.3 is 4.74 Å². The summed E-state index contributed by atoms with van der Waals surface area (Å²) < 4.78 is 6.53. The fraction of sp³-hybridized carbons (Fsp3) is 0.636. The van der Waals surface area contributed by atoms with Gasteiger partial charge in [0.15, 0.2) is 0 Å². The van der Waals surface area contributed by atoms with Gasteiger partial charge >= 0.3 is 0 Å². The van der Waals surface area contributed by atoms with E-state index < -0.39 is 0 Å². The van der Waals surface area contributed by atoms with Gasteiger partial charge in [-0.3, -0.25) is 5.84 Å². The number of methoxy groups -OCH3 is 1. The summed E-state index contributed by atoms with van der Waals surface area (Å²) in [7, 11) is 1.77. The molecule has 1 unspecified atom stereocenters. The van der Waals surface area contributed by atoms with Crippen molar-refractivity contribution < 1.29 is 4.74 Å². The Morgan fingerprint density at radius 1 is 1.50 bits per heavy atom. The van der Waals surface area contributed by atoms with Gasteiger partial charge in [0, 0.05) is 12.0 Å². The molecule has 0 aliphatic heterocycles. The topological polar surface area (TPSA) is 47.3 Å². The van der Waals surface area contributed by atoms with Crippen LogP contribution in [0.5, 0.6) is 0 Å². The van der Waals surface area contributed by atoms with Gasteiger partial charge in [-0.15, -0.1) is 11.3 Å². The van der Waals surface area contributed by atoms with Crippen molar-refractivity contribution in [3.05, 3.63) is 21.3 Å². The van der Waals surface area contributed by atoms with E-state index in [4.69, 9.17) is 22.2 Å². The van der Waals surface area contributed by atoms with Gasteiger partial charge in [-0.05, 0) is 25.0 Å². The first-order valence-electron chi connectivity index (χ1n) is 5.48. The number of nitrogens with one attached hydrogen (secondary N) is 1. The van der Waals surface area contributed by atoms with E-state index in [1.165, 1.54) is 12.8 Å². The van der Waals surface area contributed by atoms with Crippen LogP contribution in [0.2, 0.25) is 4.34 Å². The largest absolute Gasteiger partial charge is 0.376 e. The molecular weight excluding hydrogens is 244 g/mol. The van der Waals surface area contributed by atoms with Crippen LogP contribution in [0.15, 0.2) is 12.1 Å². The number of thiophene rings is 1. The monoisotopic (exact) mass is 260 g/mol. The van der Waals surface area contributed by atoms with Crippen molar-refractivity contribution in [2.75, 3.05) is 7.11 Å². The maximum absolute atomic E-state index is 5.97. The van der Waals surface area contributed by atoms with E-state index in [9.17, 15) is 0 Å². The summed E-state index contributed by atoms with van der Waals surface area (Å²) in [5.41, 5.74) is 2.73. The normalized spacial score (nSPS) is 21.2. The average molecular weight is 261 g/mol. The molecule has 1 atom stereocenters. The second-order valence-corrected chi connectivity index (χ2v) is 5.96. The molecule has 0 bridgehead atoms. The second-order valence-electron chi connectivity index (χ2n) is 4.22. The fourth-order valence-electron chi connectivity index (χ4n) is 2.56. The molecule has 1 fully saturated rings. The Hall–Kier alpha value is -0.130. The lowest BCUT2D eigenvalue weighted by Gasteiger charge is -2.35. The van der Waals surface area contributed by atoms with E-state index in [2.05, 4.69) is 5.43 Å². The molecule has 1 saturated carbocycles. The summed E-state index contributed by atoms with van der Waals surface area (Å²) in [6.07, 6.45) is 4.50. The van der Waals surface area contributed by atoms with Crippen LogP contribution in [0.4, 0.5) is 0 Å². The van der Waals surface area contributed by atoms with Gasteiger partial charge in [0.25, 0.3) is 0 Å². The lowest BCUT2D eigenvalue weighted by atomic mass is 9.91. The van der Waals surface area contributed by atoms with Gasteiger partial charge in [0.2, 0.25) is 0 Å². The van der Waals surface area contributed by atoms with Crippen LogP contribution in [-0.4, -0.2) is 12.7 Å². The van der Waals surface area contributed by atoms with Crippen LogP contribution < -0.4 is 11.3 Å². The van der Waals surface area contributed by atoms with Crippen LogP contribution in [0.3, 0.4) is 0 Å². The Kier molecular flexibility index (Phi) is 3.87. The van der Waals surface area contributed by atoms with Gasteiger partial charge in [-0.25, -0.2) is 5.43 Å². The van der Waals surface area contributed by atoms with Crippen molar-refractivity contribution >= 4 is 22.9 Å². The number of hydrogen-bond donors (Lipinski definition) is 2. The summed E-state index contributed by atoms with van der Waals surface area (Å²) in [6.45, 7) is 0. The number of rotatable bonds is 4. The minimum atomic E-state index is -0.164. The predicted octanol–water partition coefficient (Wildman–Crippen LogP) is 2.87. The Bertz CT molecular complexity index is 350. The smallest absolute Gasteiger partial charge is 0.0931 e. The summed E-state index contributed by atoms with van der Waals surface area (Å²) in [6, 6.07) is 3.97. The summed E-state index contributed by atoms with van der Waals surface area (Å²) in [5, 5.41) is 0. The minimum Gasteiger partial charge on any atom is -0.376 e. The van der Waals surface area contributed by atoms with Crippen LogP contribution in [-0.2, 0) is 4.74 Å². The van der Waals surface area contributed by atoms with Gasteiger partial charge in [-0.1, -0.05) is 24.4 Å². The van der Waals surface area contributed by atoms with Crippen LogP contribution >= 0.6 is 22.9 Å². The zero-order chi connectivity index (χ0) is 11.6. The van der Waals surface area contributed by atoms with Crippen molar-refractivity contribution in [2.24, 2.45) is 5.84 Å². The molecule has 1 heterocycles. The zero-order valence-corrected chi connectivity index (χ0v) is 10.9. The van der Waals surface area contributed by atoms with Gasteiger partial charge in [0.1, 0.15) is 0 Å². The Morgan fingerprint density at radius 2 is 2.19 bits per heavy atom. The number of halogens is 1. The van der Waals surface area contributed by atoms with Crippen LogP contribution in [0.25, 0.3) is 0 Å². The molecular formula is C11H17ClN2OS. The molecule has 90 valence electrons. The van der Waals surface area contributed by atoms with Crippen molar-refractivity contribution in [3.8, 4) is 0 Å². The first kappa shape index (κ1) is 12.3. The molecule has 0 aromatic carbocycles. The first-order valence-corrected chi connectivity index (χ1v) is 6.68. The number of hydrazine groups is 1. The molecule has 1 aliphatic rings. The van der Waals surface area contributed by atoms with Crippen molar-refractivity contribution in [3.63, 3.8) is 0 Å². The maximum Gasteiger partial charge on any atom is 0.0931 e. The third-order valence-corrected chi connectivity index (χ3v) is 4.72. The lowest BCUT2D eigenvalue weighted by Crippen LogP contribution is -2.45. The molecule has 0 saturated heterocycles. The molecule has 1 aromatic heterocycles. The molecule has 0 amide bonds. The molecule has 3 N–H and O–H groups in total. The van der Waals surface area contributed by atoms with Gasteiger partial charge in [-0.2, -0.15) is 0 Å². The predicted molar refractivity (Wildman–Crippen MR) is 67.6 cm³/mol. The Balaban J connectivity index is 2.27. The average Bonchev–Trinajstić information content (AvgIpc) is 2.90. The number of hydrogen-bond acceptors (Lipinski definition) is 4. The molecule has 0 radical (unpaired) electrons. The Morgan fingerprint density at radius 3 is 2.62 bits per heavy atom. The van der Waals surface area contributed by atoms with Crippen LogP contribution in [0, 0.1) is 0 Å². The second kappa shape index (κ2) is 5.02. The SMILES string of the molecule is COC1(C(NN)c2ccc(Cl)s2)CCCC1. The third kappa shape index (κ3) is 2.13. The maximum atomic E-state index is 5.97. The highest BCUT2D eigenvalue weighted by Crippen LogP contribution is 2.44. The molecule has 16 heavy (non-hydrogen) atoms. The standard InChI is InChI=1S/C11H17ClN2OS/c1-15-11(6-2-3-7-11)10(14-13)8-4-5-9(12)16-8/h4-5,10,14H,2-3,6-7,13H2,1H3. The van der Waals surface area contributed by atoms with Gasteiger partial charge in [0.05, 0.1) is 16.0 Å². The van der Waals surface area contributed by atoms with E-state index in [1.807, 2.05) is 12.1 Å². The summed E-state index contributed by atoms with van der Waals surface area (Å²) >= 11 is 7.53. The van der Waals surface area contributed by atoms with E-state index in [-0.39, 0.29) is 11.6 Å². The molecule has 3 nitrogen and oxygen atoms in total. The van der Waals surface area contributed by atoms with Crippen molar-refractivity contribution in [1.82, 2.24) is 5.43 Å². The lowest BCUT2D eigenvalue weighted by molar-refractivity contribution is -0.0359. The summed E-state index contributed by atoms with van der Waals surface area (Å²) in [4.78, 5) is 1.15. The summed E-state index contributed by atoms with van der Waals surface area (Å²) in [5.74, 6) is 5.69. The highest BCUT2D eigenvalue weighted by molar-refractivity contribution is 7.16. The molecule has 1 aromatic rings. The van der Waals surface area contributed by atoms with E-state index >= 15 is 0 Å². The zero-order valence-electron chi connectivity index (χ0n) is 9.33. The van der Waals surface area contributed by atoms with E-state index in [1.54, 1.807) is 18.4 Å². The highest BCUT2D eigenvalue weighted by atomic mass is 35.5. The minimum absolute atomic E-state index is 0.0394. The van der Waals surface area contributed by atoms with E-state index in [0.717, 1.165) is 22.1 Å². The molecule has 0 spiro atoms. The van der Waals surface area contributed by atoms with Crippen LogP contribution in [0.1, 0.15) is 36.6 Å². The fourth-order valence-corrected chi connectivity index (χ4v) is 3.79. The quantitative estimate of drug-likeness (QED) is 0.647. The molecule has 5 heteroatoms. The molecule has 1 aliphatic carbocycles. The number of ether oxygens (including phenoxy) is 1. The van der Waals surface area contributed by atoms with E-state index in [0.29, 0.717) is 0 Å². The number of nitrogens with two attached hydrogens (primary N) is 1. The molecule has 2 rings (SSSR count). The van der Waals surface area contributed by atoms with Crippen molar-refractivity contribution in [2.45, 2.75) is 37.3 Å². The third-order valence-electron chi connectivity index (χ3n) is 3.43. The first-order chi connectivity index (χ1) is 7.72.